The quantitative estimate of drug-likeness (QED) is 0.380. The van der Waals surface area contributed by atoms with E-state index in [1.165, 1.54) is 42.5 Å². The molecule has 0 aliphatic heterocycles. The third kappa shape index (κ3) is 4.38. The van der Waals surface area contributed by atoms with E-state index in [0.717, 1.165) is 6.20 Å². The zero-order valence-corrected chi connectivity index (χ0v) is 12.2. The van der Waals surface area contributed by atoms with Gasteiger partial charge in [-0.3, -0.25) is 14.9 Å². The first-order valence-corrected chi connectivity index (χ1v) is 6.68. The number of anilines is 2. The summed E-state index contributed by atoms with van der Waals surface area (Å²) in [7, 11) is 0. The zero-order chi connectivity index (χ0) is 17.5. The van der Waals surface area contributed by atoms with Gasteiger partial charge in [0.15, 0.2) is 0 Å². The number of halogens is 1. The third-order valence-corrected chi connectivity index (χ3v) is 2.91. The number of benzene rings is 2. The maximum Gasteiger partial charge on any atom is 0.269 e. The van der Waals surface area contributed by atoms with Crippen LogP contribution >= 0.6 is 0 Å². The Balaban J connectivity index is 2.07. The molecule has 0 aromatic heterocycles. The Morgan fingerprint density at radius 1 is 1.21 bits per heavy atom. The van der Waals surface area contributed by atoms with Crippen LogP contribution in [-0.4, -0.2) is 10.8 Å². The number of carbonyl (C=O) groups is 1. The van der Waals surface area contributed by atoms with Crippen molar-refractivity contribution in [2.75, 3.05) is 10.6 Å². The number of hydrogen-bond acceptors (Lipinski definition) is 5. The van der Waals surface area contributed by atoms with Crippen molar-refractivity contribution in [3.8, 4) is 6.07 Å². The van der Waals surface area contributed by atoms with Crippen molar-refractivity contribution in [2.45, 2.75) is 0 Å². The molecule has 0 saturated carbocycles. The number of nitro benzene ring substituents is 1. The lowest BCUT2D eigenvalue weighted by Gasteiger charge is -2.05. The summed E-state index contributed by atoms with van der Waals surface area (Å²) in [5.74, 6) is -1.16. The lowest BCUT2D eigenvalue weighted by Crippen LogP contribution is -2.14. The zero-order valence-electron chi connectivity index (χ0n) is 12.2. The fraction of sp³-hybridized carbons (Fsp3) is 0. The van der Waals surface area contributed by atoms with E-state index >= 15 is 0 Å². The number of amides is 1. The maximum atomic E-state index is 13.1. The third-order valence-electron chi connectivity index (χ3n) is 2.91. The Labute approximate surface area is 136 Å². The first-order valence-electron chi connectivity index (χ1n) is 6.68. The molecule has 0 aliphatic carbocycles. The highest BCUT2D eigenvalue weighted by molar-refractivity contribution is 6.06. The van der Waals surface area contributed by atoms with E-state index in [9.17, 15) is 19.3 Å². The molecule has 0 heterocycles. The number of nitriles is 1. The van der Waals surface area contributed by atoms with Gasteiger partial charge < -0.3 is 10.6 Å². The van der Waals surface area contributed by atoms with Gasteiger partial charge in [0, 0.05) is 29.7 Å². The lowest BCUT2D eigenvalue weighted by molar-refractivity contribution is -0.384. The summed E-state index contributed by atoms with van der Waals surface area (Å²) < 4.78 is 13.1. The van der Waals surface area contributed by atoms with Crippen molar-refractivity contribution in [3.63, 3.8) is 0 Å². The number of carbonyl (C=O) groups excluding carboxylic acids is 1. The second kappa shape index (κ2) is 7.51. The number of nitrogens with one attached hydrogen (secondary N) is 2. The van der Waals surface area contributed by atoms with Crippen molar-refractivity contribution < 1.29 is 14.1 Å². The second-order valence-corrected chi connectivity index (χ2v) is 4.58. The first-order chi connectivity index (χ1) is 11.5. The van der Waals surface area contributed by atoms with Gasteiger partial charge in [-0.05, 0) is 30.3 Å². The molecular weight excluding hydrogens is 315 g/mol. The van der Waals surface area contributed by atoms with Crippen LogP contribution in [0.2, 0.25) is 0 Å². The van der Waals surface area contributed by atoms with Crippen LogP contribution in [-0.2, 0) is 4.79 Å². The molecule has 120 valence electrons. The molecule has 2 N–H and O–H groups in total. The Morgan fingerprint density at radius 3 is 2.50 bits per heavy atom. The van der Waals surface area contributed by atoms with Crippen LogP contribution in [0, 0.1) is 27.3 Å². The molecule has 2 aromatic carbocycles. The average Bonchev–Trinajstić information content (AvgIpc) is 2.56. The van der Waals surface area contributed by atoms with E-state index in [2.05, 4.69) is 10.6 Å². The number of rotatable bonds is 5. The fourth-order valence-corrected chi connectivity index (χ4v) is 1.75. The van der Waals surface area contributed by atoms with E-state index in [-0.39, 0.29) is 11.3 Å². The normalized spacial score (nSPS) is 10.6. The van der Waals surface area contributed by atoms with Crippen LogP contribution in [0.4, 0.5) is 21.5 Å². The molecule has 0 aliphatic rings. The summed E-state index contributed by atoms with van der Waals surface area (Å²) in [4.78, 5) is 22.0. The second-order valence-electron chi connectivity index (χ2n) is 4.58. The van der Waals surface area contributed by atoms with Crippen molar-refractivity contribution >= 4 is 23.0 Å². The predicted octanol–water partition coefficient (Wildman–Crippen LogP) is 3.19. The predicted molar refractivity (Wildman–Crippen MR) is 85.4 cm³/mol. The van der Waals surface area contributed by atoms with Gasteiger partial charge in [-0.25, -0.2) is 4.39 Å². The summed E-state index contributed by atoms with van der Waals surface area (Å²) in [5, 5.41) is 24.7. The average molecular weight is 326 g/mol. The van der Waals surface area contributed by atoms with Crippen LogP contribution in [0.25, 0.3) is 0 Å². The minimum Gasteiger partial charge on any atom is -0.360 e. The summed E-state index contributed by atoms with van der Waals surface area (Å²) in [6.07, 6.45) is 1.15. The standard InChI is InChI=1S/C16H11FN4O3/c17-12-2-1-3-14(8-12)19-10-11(9-18)16(22)20-13-4-6-15(7-5-13)21(23)24/h1-8,10,19H,(H,20,22)/b11-10-. The monoisotopic (exact) mass is 326 g/mol. The first kappa shape index (κ1) is 16.6. The topological polar surface area (TPSA) is 108 Å². The molecule has 0 bridgehead atoms. The van der Waals surface area contributed by atoms with Gasteiger partial charge in [0.05, 0.1) is 4.92 Å². The molecule has 24 heavy (non-hydrogen) atoms. The molecule has 0 fully saturated rings. The SMILES string of the molecule is N#C/C(=C/Nc1cccc(F)c1)C(=O)Nc1ccc([N+](=O)[O-])cc1. The highest BCUT2D eigenvalue weighted by Crippen LogP contribution is 2.16. The molecular formula is C16H11FN4O3. The highest BCUT2D eigenvalue weighted by Gasteiger charge is 2.10. The van der Waals surface area contributed by atoms with Gasteiger partial charge in [0.1, 0.15) is 17.5 Å². The number of nitrogens with zero attached hydrogens (tertiary/aromatic N) is 2. The Kier molecular flexibility index (Phi) is 5.20. The summed E-state index contributed by atoms with van der Waals surface area (Å²) in [6, 6.07) is 12.4. The molecule has 0 atom stereocenters. The van der Waals surface area contributed by atoms with Crippen molar-refractivity contribution in [3.05, 3.63) is 76.2 Å². The van der Waals surface area contributed by atoms with Gasteiger partial charge in [-0.2, -0.15) is 5.26 Å². The Hall–Kier alpha value is -3.73. The van der Waals surface area contributed by atoms with Crippen LogP contribution < -0.4 is 10.6 Å². The molecule has 8 heteroatoms. The molecule has 0 radical (unpaired) electrons. The fourth-order valence-electron chi connectivity index (χ4n) is 1.75. The van der Waals surface area contributed by atoms with Crippen molar-refractivity contribution in [1.29, 1.82) is 5.26 Å². The summed E-state index contributed by atoms with van der Waals surface area (Å²) in [6.45, 7) is 0. The van der Waals surface area contributed by atoms with E-state index in [0.29, 0.717) is 11.4 Å². The largest absolute Gasteiger partial charge is 0.360 e. The van der Waals surface area contributed by atoms with Crippen LogP contribution in [0.5, 0.6) is 0 Å². The Bertz CT molecular complexity index is 841. The summed E-state index contributed by atoms with van der Waals surface area (Å²) in [5.41, 5.74) is 0.331. The molecule has 2 rings (SSSR count). The minimum absolute atomic E-state index is 0.114. The molecule has 7 nitrogen and oxygen atoms in total. The molecule has 2 aromatic rings. The van der Waals surface area contributed by atoms with Crippen LogP contribution in [0.3, 0.4) is 0 Å². The van der Waals surface area contributed by atoms with Gasteiger partial charge in [-0.1, -0.05) is 6.07 Å². The number of hydrogen-bond donors (Lipinski definition) is 2. The smallest absolute Gasteiger partial charge is 0.269 e. The van der Waals surface area contributed by atoms with E-state index in [1.807, 2.05) is 0 Å². The molecule has 0 unspecified atom stereocenters. The minimum atomic E-state index is -0.699. The lowest BCUT2D eigenvalue weighted by atomic mass is 10.2. The maximum absolute atomic E-state index is 13.1. The van der Waals surface area contributed by atoms with Crippen molar-refractivity contribution in [1.82, 2.24) is 0 Å². The molecule has 0 saturated heterocycles. The molecule has 0 spiro atoms. The van der Waals surface area contributed by atoms with Gasteiger partial charge in [0.25, 0.3) is 11.6 Å². The number of non-ortho nitro benzene ring substituents is 1. The van der Waals surface area contributed by atoms with E-state index in [4.69, 9.17) is 5.26 Å². The molecule has 1 amide bonds. The van der Waals surface area contributed by atoms with Gasteiger partial charge in [0.2, 0.25) is 0 Å². The van der Waals surface area contributed by atoms with E-state index < -0.39 is 16.6 Å². The number of nitro groups is 1. The Morgan fingerprint density at radius 2 is 1.92 bits per heavy atom. The van der Waals surface area contributed by atoms with Crippen LogP contribution in [0.1, 0.15) is 0 Å². The van der Waals surface area contributed by atoms with Gasteiger partial charge >= 0.3 is 0 Å². The summed E-state index contributed by atoms with van der Waals surface area (Å²) >= 11 is 0. The van der Waals surface area contributed by atoms with Crippen molar-refractivity contribution in [2.24, 2.45) is 0 Å². The van der Waals surface area contributed by atoms with E-state index in [1.54, 1.807) is 12.1 Å². The van der Waals surface area contributed by atoms with Gasteiger partial charge in [-0.15, -0.1) is 0 Å². The van der Waals surface area contributed by atoms with Crippen LogP contribution in [0.15, 0.2) is 60.3 Å². The highest BCUT2D eigenvalue weighted by atomic mass is 19.1.